The first-order valence-electron chi connectivity index (χ1n) is 9.84. The summed E-state index contributed by atoms with van der Waals surface area (Å²) < 4.78 is 13.1. The Morgan fingerprint density at radius 3 is 2.41 bits per heavy atom. The summed E-state index contributed by atoms with van der Waals surface area (Å²) in [4.78, 5) is 13.4. The maximum Gasteiger partial charge on any atom is 0.191 e. The van der Waals surface area contributed by atoms with Gasteiger partial charge in [-0.3, -0.25) is 4.99 Å². The molecule has 1 aromatic carbocycles. The average molecular weight is 512 g/mol. The van der Waals surface area contributed by atoms with Crippen molar-refractivity contribution >= 4 is 41.4 Å². The Kier molecular flexibility index (Phi) is 9.43. The van der Waals surface area contributed by atoms with Gasteiger partial charge in [0.2, 0.25) is 0 Å². The maximum atomic E-state index is 13.1. The number of piperazine rings is 1. The van der Waals surface area contributed by atoms with E-state index in [1.165, 1.54) is 17.7 Å². The first-order chi connectivity index (χ1) is 13.7. The second-order valence-corrected chi connectivity index (χ2v) is 6.83. The highest BCUT2D eigenvalue weighted by molar-refractivity contribution is 14.0. The summed E-state index contributed by atoms with van der Waals surface area (Å²) in [5.41, 5.74) is 2.24. The molecular formula is C21H30FIN6. The fourth-order valence-corrected chi connectivity index (χ4v) is 3.24. The molecule has 0 bridgehead atoms. The van der Waals surface area contributed by atoms with E-state index in [9.17, 15) is 4.39 Å². The quantitative estimate of drug-likeness (QED) is 0.354. The number of halogens is 2. The van der Waals surface area contributed by atoms with E-state index in [0.717, 1.165) is 56.6 Å². The lowest BCUT2D eigenvalue weighted by atomic mass is 10.2. The van der Waals surface area contributed by atoms with Crippen LogP contribution >= 0.6 is 24.0 Å². The van der Waals surface area contributed by atoms with Crippen molar-refractivity contribution in [2.75, 3.05) is 49.6 Å². The second-order valence-electron chi connectivity index (χ2n) is 6.83. The van der Waals surface area contributed by atoms with Crippen LogP contribution in [0.1, 0.15) is 18.9 Å². The predicted octanol–water partition coefficient (Wildman–Crippen LogP) is 3.24. The van der Waals surface area contributed by atoms with Gasteiger partial charge in [-0.25, -0.2) is 9.37 Å². The van der Waals surface area contributed by atoms with Gasteiger partial charge in [-0.15, -0.1) is 24.0 Å². The molecule has 1 saturated heterocycles. The van der Waals surface area contributed by atoms with Crippen molar-refractivity contribution < 1.29 is 4.39 Å². The summed E-state index contributed by atoms with van der Waals surface area (Å²) in [6, 6.07) is 10.9. The van der Waals surface area contributed by atoms with Crippen molar-refractivity contribution in [3.05, 3.63) is 54.0 Å². The Morgan fingerprint density at radius 1 is 1.07 bits per heavy atom. The molecule has 0 atom stereocenters. The van der Waals surface area contributed by atoms with Crippen LogP contribution in [0.4, 0.5) is 15.9 Å². The molecule has 0 amide bonds. The second kappa shape index (κ2) is 11.8. The molecule has 1 aliphatic rings. The standard InChI is InChI=1S/C21H29FN6.HI/c1-3-9-25-21(23-2)26-16-17-8-10-24-20(15-17)28-13-11-27(12-14-28)19-6-4-18(22)5-7-19;/h4-8,10,15H,3,9,11-14,16H2,1-2H3,(H2,23,25,26);1H. The van der Waals surface area contributed by atoms with Gasteiger partial charge in [-0.1, -0.05) is 6.92 Å². The zero-order valence-corrected chi connectivity index (χ0v) is 19.4. The van der Waals surface area contributed by atoms with Gasteiger partial charge in [-0.05, 0) is 48.4 Å². The van der Waals surface area contributed by atoms with Gasteiger partial charge in [0.15, 0.2) is 5.96 Å². The molecule has 1 fully saturated rings. The fourth-order valence-electron chi connectivity index (χ4n) is 3.24. The predicted molar refractivity (Wildman–Crippen MR) is 129 cm³/mol. The number of benzene rings is 1. The lowest BCUT2D eigenvalue weighted by Gasteiger charge is -2.36. The first kappa shape index (κ1) is 23.2. The van der Waals surface area contributed by atoms with Crippen molar-refractivity contribution in [3.8, 4) is 0 Å². The van der Waals surface area contributed by atoms with Gasteiger partial charge in [0.25, 0.3) is 0 Å². The van der Waals surface area contributed by atoms with Crippen LogP contribution in [0.5, 0.6) is 0 Å². The lowest BCUT2D eigenvalue weighted by molar-refractivity contribution is 0.624. The molecule has 0 spiro atoms. The van der Waals surface area contributed by atoms with E-state index in [2.05, 4.69) is 43.4 Å². The summed E-state index contributed by atoms with van der Waals surface area (Å²) in [7, 11) is 1.78. The van der Waals surface area contributed by atoms with Crippen molar-refractivity contribution in [1.29, 1.82) is 0 Å². The number of nitrogens with one attached hydrogen (secondary N) is 2. The van der Waals surface area contributed by atoms with E-state index in [0.29, 0.717) is 6.54 Å². The SMILES string of the molecule is CCCNC(=NC)NCc1ccnc(N2CCN(c3ccc(F)cc3)CC2)c1.I. The Bertz CT molecular complexity index is 775. The molecule has 0 saturated carbocycles. The Labute approximate surface area is 189 Å². The Morgan fingerprint density at radius 2 is 1.76 bits per heavy atom. The van der Waals surface area contributed by atoms with Gasteiger partial charge < -0.3 is 20.4 Å². The summed E-state index contributed by atoms with van der Waals surface area (Å²) in [6.45, 7) is 7.30. The normalized spacial score (nSPS) is 14.4. The summed E-state index contributed by atoms with van der Waals surface area (Å²) in [5.74, 6) is 1.61. The van der Waals surface area contributed by atoms with E-state index in [4.69, 9.17) is 0 Å². The number of nitrogens with zero attached hydrogens (tertiary/aromatic N) is 4. The monoisotopic (exact) mass is 512 g/mol. The van der Waals surface area contributed by atoms with Crippen molar-refractivity contribution in [2.24, 2.45) is 4.99 Å². The molecular weight excluding hydrogens is 482 g/mol. The number of guanidine groups is 1. The highest BCUT2D eigenvalue weighted by atomic mass is 127. The average Bonchev–Trinajstić information content (AvgIpc) is 2.75. The minimum absolute atomic E-state index is 0. The van der Waals surface area contributed by atoms with Crippen LogP contribution < -0.4 is 20.4 Å². The fraction of sp³-hybridized carbons (Fsp3) is 0.429. The summed E-state index contributed by atoms with van der Waals surface area (Å²) >= 11 is 0. The first-order valence-corrected chi connectivity index (χ1v) is 9.84. The molecule has 0 unspecified atom stereocenters. The number of rotatable bonds is 6. The van der Waals surface area contributed by atoms with E-state index in [1.54, 1.807) is 7.05 Å². The minimum atomic E-state index is -0.196. The van der Waals surface area contributed by atoms with Crippen LogP contribution in [0, 0.1) is 5.82 Å². The number of hydrogen-bond acceptors (Lipinski definition) is 4. The van der Waals surface area contributed by atoms with Crippen LogP contribution in [0.15, 0.2) is 47.6 Å². The Balaban J connectivity index is 0.00000300. The molecule has 29 heavy (non-hydrogen) atoms. The van der Waals surface area contributed by atoms with Gasteiger partial charge in [0, 0.05) is 58.2 Å². The molecule has 2 heterocycles. The summed E-state index contributed by atoms with van der Waals surface area (Å²) in [5, 5.41) is 6.61. The van der Waals surface area contributed by atoms with Crippen LogP contribution in [-0.4, -0.2) is 50.7 Å². The van der Waals surface area contributed by atoms with Crippen LogP contribution in [-0.2, 0) is 6.54 Å². The number of pyridine rings is 1. The number of aromatic nitrogens is 1. The Hall–Kier alpha value is -2.10. The third-order valence-electron chi connectivity index (χ3n) is 4.83. The molecule has 0 radical (unpaired) electrons. The molecule has 2 N–H and O–H groups in total. The molecule has 2 aromatic rings. The van der Waals surface area contributed by atoms with E-state index in [-0.39, 0.29) is 29.8 Å². The summed E-state index contributed by atoms with van der Waals surface area (Å²) in [6.07, 6.45) is 2.92. The van der Waals surface area contributed by atoms with Crippen LogP contribution in [0.3, 0.4) is 0 Å². The molecule has 6 nitrogen and oxygen atoms in total. The molecule has 3 rings (SSSR count). The number of aliphatic imine (C=N–C) groups is 1. The lowest BCUT2D eigenvalue weighted by Crippen LogP contribution is -2.46. The molecule has 0 aliphatic carbocycles. The highest BCUT2D eigenvalue weighted by Crippen LogP contribution is 2.20. The highest BCUT2D eigenvalue weighted by Gasteiger charge is 2.18. The van der Waals surface area contributed by atoms with Gasteiger partial charge in [0.05, 0.1) is 0 Å². The van der Waals surface area contributed by atoms with Gasteiger partial charge >= 0.3 is 0 Å². The maximum absolute atomic E-state index is 13.1. The molecule has 158 valence electrons. The van der Waals surface area contributed by atoms with E-state index in [1.807, 2.05) is 24.4 Å². The zero-order valence-electron chi connectivity index (χ0n) is 17.1. The smallest absolute Gasteiger partial charge is 0.191 e. The third-order valence-corrected chi connectivity index (χ3v) is 4.83. The van der Waals surface area contributed by atoms with Gasteiger partial charge in [-0.2, -0.15) is 0 Å². The number of anilines is 2. The van der Waals surface area contributed by atoms with Gasteiger partial charge in [0.1, 0.15) is 11.6 Å². The topological polar surface area (TPSA) is 55.8 Å². The zero-order chi connectivity index (χ0) is 19.8. The van der Waals surface area contributed by atoms with Crippen molar-refractivity contribution in [1.82, 2.24) is 15.6 Å². The largest absolute Gasteiger partial charge is 0.368 e. The molecule has 8 heteroatoms. The molecule has 1 aromatic heterocycles. The van der Waals surface area contributed by atoms with Crippen LogP contribution in [0.2, 0.25) is 0 Å². The third kappa shape index (κ3) is 6.73. The van der Waals surface area contributed by atoms with E-state index >= 15 is 0 Å². The number of hydrogen-bond donors (Lipinski definition) is 2. The van der Waals surface area contributed by atoms with Crippen LogP contribution in [0.25, 0.3) is 0 Å². The molecule has 1 aliphatic heterocycles. The minimum Gasteiger partial charge on any atom is -0.368 e. The van der Waals surface area contributed by atoms with Crippen molar-refractivity contribution in [3.63, 3.8) is 0 Å². The van der Waals surface area contributed by atoms with Crippen molar-refractivity contribution in [2.45, 2.75) is 19.9 Å². The van der Waals surface area contributed by atoms with E-state index < -0.39 is 0 Å².